The summed E-state index contributed by atoms with van der Waals surface area (Å²) in [4.78, 5) is 8.13. The van der Waals surface area contributed by atoms with E-state index in [1.165, 1.54) is 5.56 Å². The van der Waals surface area contributed by atoms with Crippen LogP contribution in [-0.4, -0.2) is 9.97 Å². The number of nitrogens with one attached hydrogen (secondary N) is 1. The van der Waals surface area contributed by atoms with Crippen molar-refractivity contribution in [2.75, 3.05) is 0 Å². The molecule has 3 nitrogen and oxygen atoms in total. The Morgan fingerprint density at radius 3 is 2.33 bits per heavy atom. The largest absolute Gasteiger partial charge is 0.345 e. The number of hydrogen-bond acceptors (Lipinski definition) is 2. The van der Waals surface area contributed by atoms with Crippen LogP contribution in [0, 0.1) is 6.92 Å². The first-order valence-corrected chi connectivity index (χ1v) is 7.15. The Kier molecular flexibility index (Phi) is 3.84. The van der Waals surface area contributed by atoms with Crippen LogP contribution in [0.3, 0.4) is 0 Å². The van der Waals surface area contributed by atoms with Crippen molar-refractivity contribution in [1.29, 1.82) is 0 Å². The molecule has 3 aromatic rings. The summed E-state index contributed by atoms with van der Waals surface area (Å²) in [5.74, 6) is 0.997. The lowest BCUT2D eigenvalue weighted by Crippen LogP contribution is -1.95. The molecule has 0 saturated heterocycles. The maximum Gasteiger partial charge on any atom is 0.111 e. The Balaban J connectivity index is 1.86. The summed E-state index contributed by atoms with van der Waals surface area (Å²) in [7, 11) is 0. The lowest BCUT2D eigenvalue weighted by molar-refractivity contribution is 1.02. The van der Waals surface area contributed by atoms with Gasteiger partial charge in [0, 0.05) is 24.2 Å². The molecule has 0 atom stereocenters. The molecule has 106 valence electrons. The van der Waals surface area contributed by atoms with Crippen molar-refractivity contribution in [2.45, 2.75) is 19.9 Å². The lowest BCUT2D eigenvalue weighted by Gasteiger charge is -2.00. The van der Waals surface area contributed by atoms with Gasteiger partial charge in [-0.05, 0) is 18.1 Å². The van der Waals surface area contributed by atoms with Crippen molar-refractivity contribution in [3.05, 3.63) is 77.2 Å². The summed E-state index contributed by atoms with van der Waals surface area (Å²) < 4.78 is 0. The van der Waals surface area contributed by atoms with Gasteiger partial charge in [0.2, 0.25) is 0 Å². The van der Waals surface area contributed by atoms with Gasteiger partial charge in [0.25, 0.3) is 0 Å². The molecule has 0 aliphatic carbocycles. The number of imidazole rings is 1. The Labute approximate surface area is 124 Å². The van der Waals surface area contributed by atoms with Crippen LogP contribution in [0.5, 0.6) is 0 Å². The highest BCUT2D eigenvalue weighted by molar-refractivity contribution is 5.62. The van der Waals surface area contributed by atoms with Gasteiger partial charge in [0.1, 0.15) is 5.82 Å². The zero-order chi connectivity index (χ0) is 14.7. The van der Waals surface area contributed by atoms with E-state index in [2.05, 4.69) is 60.4 Å². The molecule has 3 rings (SSSR count). The molecule has 1 aromatic heterocycles. The van der Waals surface area contributed by atoms with Crippen molar-refractivity contribution in [3.8, 4) is 11.3 Å². The first kappa shape index (κ1) is 13.6. The second-order valence-corrected chi connectivity index (χ2v) is 5.22. The van der Waals surface area contributed by atoms with Gasteiger partial charge in [-0.3, -0.25) is 0 Å². The Bertz CT molecular complexity index is 712. The summed E-state index contributed by atoms with van der Waals surface area (Å²) in [6, 6.07) is 18.6. The molecule has 0 spiro atoms. The van der Waals surface area contributed by atoms with Crippen LogP contribution in [0.4, 0.5) is 0 Å². The highest BCUT2D eigenvalue weighted by Crippen LogP contribution is 2.22. The lowest BCUT2D eigenvalue weighted by atomic mass is 10.1. The Morgan fingerprint density at radius 2 is 1.67 bits per heavy atom. The molecule has 1 heterocycles. The van der Waals surface area contributed by atoms with Gasteiger partial charge < -0.3 is 10.7 Å². The molecule has 0 aliphatic rings. The van der Waals surface area contributed by atoms with Crippen molar-refractivity contribution < 1.29 is 0 Å². The first-order chi connectivity index (χ1) is 10.3. The van der Waals surface area contributed by atoms with Gasteiger partial charge in [-0.2, -0.15) is 0 Å². The molecular formula is C18H19N3. The van der Waals surface area contributed by atoms with Gasteiger partial charge in [0.15, 0.2) is 0 Å². The average Bonchev–Trinajstić information content (AvgIpc) is 2.89. The van der Waals surface area contributed by atoms with Gasteiger partial charge in [-0.15, -0.1) is 0 Å². The number of rotatable bonds is 4. The quantitative estimate of drug-likeness (QED) is 0.767. The number of nitrogens with two attached hydrogens (primary N) is 1. The molecule has 0 unspecified atom stereocenters. The maximum absolute atomic E-state index is 5.64. The van der Waals surface area contributed by atoms with Crippen LogP contribution in [-0.2, 0) is 13.0 Å². The minimum atomic E-state index is 0.569. The molecule has 3 N–H and O–H groups in total. The Hall–Kier alpha value is -2.39. The third-order valence-corrected chi connectivity index (χ3v) is 3.61. The van der Waals surface area contributed by atoms with Crippen LogP contribution in [0.1, 0.15) is 22.6 Å². The normalized spacial score (nSPS) is 10.8. The van der Waals surface area contributed by atoms with E-state index in [9.17, 15) is 0 Å². The summed E-state index contributed by atoms with van der Waals surface area (Å²) in [6.45, 7) is 2.63. The van der Waals surface area contributed by atoms with E-state index in [0.29, 0.717) is 6.54 Å². The van der Waals surface area contributed by atoms with E-state index < -0.39 is 0 Å². The zero-order valence-corrected chi connectivity index (χ0v) is 12.1. The Morgan fingerprint density at radius 1 is 0.952 bits per heavy atom. The molecule has 2 aromatic carbocycles. The van der Waals surface area contributed by atoms with Gasteiger partial charge >= 0.3 is 0 Å². The average molecular weight is 277 g/mol. The minimum Gasteiger partial charge on any atom is -0.345 e. The third-order valence-electron chi connectivity index (χ3n) is 3.61. The van der Waals surface area contributed by atoms with Crippen molar-refractivity contribution in [3.63, 3.8) is 0 Å². The van der Waals surface area contributed by atoms with Crippen LogP contribution in [0.25, 0.3) is 11.3 Å². The molecule has 0 radical (unpaired) electrons. The van der Waals surface area contributed by atoms with Crippen LogP contribution in [0.15, 0.2) is 54.6 Å². The van der Waals surface area contributed by atoms with E-state index in [1.807, 2.05) is 6.07 Å². The molecule has 0 saturated carbocycles. The van der Waals surface area contributed by atoms with Crippen LogP contribution in [0.2, 0.25) is 0 Å². The number of hydrogen-bond donors (Lipinski definition) is 2. The topological polar surface area (TPSA) is 54.7 Å². The van der Waals surface area contributed by atoms with Gasteiger partial charge in [0.05, 0.1) is 5.69 Å². The van der Waals surface area contributed by atoms with E-state index >= 15 is 0 Å². The van der Waals surface area contributed by atoms with E-state index in [4.69, 9.17) is 10.7 Å². The summed E-state index contributed by atoms with van der Waals surface area (Å²) in [6.07, 6.45) is 0.822. The van der Waals surface area contributed by atoms with Gasteiger partial charge in [-0.1, -0.05) is 54.6 Å². The summed E-state index contributed by atoms with van der Waals surface area (Å²) in [5.41, 5.74) is 11.3. The highest BCUT2D eigenvalue weighted by Gasteiger charge is 2.09. The SMILES string of the molecule is Cc1[nH]c(Cc2ccccc2)nc1-c1ccc(CN)cc1. The summed E-state index contributed by atoms with van der Waals surface area (Å²) in [5, 5.41) is 0. The predicted molar refractivity (Wildman–Crippen MR) is 85.9 cm³/mol. The summed E-state index contributed by atoms with van der Waals surface area (Å²) >= 11 is 0. The van der Waals surface area contributed by atoms with Crippen LogP contribution < -0.4 is 5.73 Å². The van der Waals surface area contributed by atoms with E-state index in [0.717, 1.165) is 34.8 Å². The second kappa shape index (κ2) is 5.94. The number of aromatic amines is 1. The third kappa shape index (κ3) is 3.03. The maximum atomic E-state index is 5.64. The molecule has 21 heavy (non-hydrogen) atoms. The fourth-order valence-electron chi connectivity index (χ4n) is 2.48. The molecule has 3 heteroatoms. The first-order valence-electron chi connectivity index (χ1n) is 7.15. The van der Waals surface area contributed by atoms with E-state index in [1.54, 1.807) is 0 Å². The molecule has 0 fully saturated rings. The predicted octanol–water partition coefficient (Wildman–Crippen LogP) is 3.43. The van der Waals surface area contributed by atoms with E-state index in [-0.39, 0.29) is 0 Å². The number of aromatic nitrogens is 2. The molecule has 0 amide bonds. The van der Waals surface area contributed by atoms with Gasteiger partial charge in [-0.25, -0.2) is 4.98 Å². The van der Waals surface area contributed by atoms with Crippen molar-refractivity contribution in [2.24, 2.45) is 5.73 Å². The number of nitrogens with zero attached hydrogens (tertiary/aromatic N) is 1. The minimum absolute atomic E-state index is 0.569. The standard InChI is InChI=1S/C18H19N3/c1-13-18(16-9-7-15(12-19)8-10-16)21-17(20-13)11-14-5-3-2-4-6-14/h2-10H,11-12,19H2,1H3,(H,20,21). The molecule has 0 aliphatic heterocycles. The second-order valence-electron chi connectivity index (χ2n) is 5.22. The van der Waals surface area contributed by atoms with Crippen molar-refractivity contribution >= 4 is 0 Å². The molecule has 0 bridgehead atoms. The van der Waals surface area contributed by atoms with Crippen LogP contribution >= 0.6 is 0 Å². The monoisotopic (exact) mass is 277 g/mol. The highest BCUT2D eigenvalue weighted by atomic mass is 14.9. The molecular weight excluding hydrogens is 258 g/mol. The zero-order valence-electron chi connectivity index (χ0n) is 12.1. The number of H-pyrrole nitrogens is 1. The number of benzene rings is 2. The van der Waals surface area contributed by atoms with Crippen molar-refractivity contribution in [1.82, 2.24) is 9.97 Å². The smallest absolute Gasteiger partial charge is 0.111 e. The fraction of sp³-hybridized carbons (Fsp3) is 0.167. The fourth-order valence-corrected chi connectivity index (χ4v) is 2.48. The number of aryl methyl sites for hydroxylation is 1.